The number of Topliss-reactive ketones (excluding diaryl/α,β-unsaturated/α-hetero) is 1. The molecule has 0 aromatic heterocycles. The van der Waals surface area contributed by atoms with Crippen LogP contribution in [0.1, 0.15) is 31.7 Å². The summed E-state index contributed by atoms with van der Waals surface area (Å²) in [5.41, 5.74) is 0.0928. The van der Waals surface area contributed by atoms with E-state index in [1.165, 1.54) is 25.1 Å². The Bertz CT molecular complexity index is 530. The minimum absolute atomic E-state index is 0.101. The lowest BCUT2D eigenvalue weighted by Gasteiger charge is -2.25. The highest BCUT2D eigenvalue weighted by molar-refractivity contribution is 6.19. The van der Waals surface area contributed by atoms with Crippen LogP contribution < -0.4 is 0 Å². The van der Waals surface area contributed by atoms with Crippen LogP contribution in [0, 0.1) is 5.82 Å². The molecule has 0 aliphatic heterocycles. The molecule has 0 bridgehead atoms. The molecule has 0 radical (unpaired) electrons. The predicted octanol–water partition coefficient (Wildman–Crippen LogP) is 2.89. The Labute approximate surface area is 111 Å². The average Bonchev–Trinajstić information content (AvgIpc) is 2.32. The number of ketones is 1. The fourth-order valence-electron chi connectivity index (χ4n) is 1.76. The molecule has 100 valence electrons. The summed E-state index contributed by atoms with van der Waals surface area (Å²) in [6.45, 7) is 1.27. The van der Waals surface area contributed by atoms with Gasteiger partial charge in [0.2, 0.25) is 0 Å². The lowest BCUT2D eigenvalue weighted by molar-refractivity contribution is -0.148. The van der Waals surface area contributed by atoms with Crippen LogP contribution in [0.4, 0.5) is 4.39 Å². The average molecular weight is 262 g/mol. The van der Waals surface area contributed by atoms with E-state index in [-0.39, 0.29) is 17.2 Å². The zero-order chi connectivity index (χ0) is 13.8. The second kappa shape index (κ2) is 5.78. The van der Waals surface area contributed by atoms with Gasteiger partial charge in [0.05, 0.1) is 0 Å². The van der Waals surface area contributed by atoms with Crippen molar-refractivity contribution in [1.29, 1.82) is 0 Å². The van der Waals surface area contributed by atoms with Gasteiger partial charge in [-0.1, -0.05) is 18.2 Å². The van der Waals surface area contributed by atoms with Crippen molar-refractivity contribution in [2.24, 2.45) is 0 Å². The van der Waals surface area contributed by atoms with Crippen LogP contribution in [-0.2, 0) is 14.3 Å². The first-order valence-corrected chi connectivity index (χ1v) is 6.26. The van der Waals surface area contributed by atoms with Gasteiger partial charge in [-0.2, -0.15) is 0 Å². The van der Waals surface area contributed by atoms with E-state index in [9.17, 15) is 14.0 Å². The number of halogens is 1. The fraction of sp³-hybridized carbons (Fsp3) is 0.333. The molecule has 0 atom stereocenters. The van der Waals surface area contributed by atoms with Gasteiger partial charge in [-0.15, -0.1) is 0 Å². The van der Waals surface area contributed by atoms with Crippen molar-refractivity contribution in [2.45, 2.75) is 32.3 Å². The van der Waals surface area contributed by atoms with E-state index in [1.54, 1.807) is 12.1 Å². The minimum atomic E-state index is -0.666. The molecule has 19 heavy (non-hydrogen) atoms. The molecule has 0 unspecified atom stereocenters. The van der Waals surface area contributed by atoms with E-state index in [2.05, 4.69) is 0 Å². The van der Waals surface area contributed by atoms with Crippen molar-refractivity contribution in [3.05, 3.63) is 41.2 Å². The summed E-state index contributed by atoms with van der Waals surface area (Å²) >= 11 is 0. The zero-order valence-corrected chi connectivity index (χ0v) is 10.7. The van der Waals surface area contributed by atoms with Crippen molar-refractivity contribution in [1.82, 2.24) is 0 Å². The Morgan fingerprint density at radius 1 is 1.32 bits per heavy atom. The van der Waals surface area contributed by atoms with E-state index in [0.29, 0.717) is 0 Å². The number of hydrogen-bond acceptors (Lipinski definition) is 3. The molecule has 1 aromatic rings. The summed E-state index contributed by atoms with van der Waals surface area (Å²) in [5.74, 6) is -1.56. The number of hydrogen-bond donors (Lipinski definition) is 0. The van der Waals surface area contributed by atoms with E-state index >= 15 is 0 Å². The lowest BCUT2D eigenvalue weighted by Crippen LogP contribution is -2.27. The smallest absolute Gasteiger partial charge is 0.342 e. The number of esters is 1. The van der Waals surface area contributed by atoms with E-state index in [0.717, 1.165) is 19.3 Å². The number of carbonyl (C=O) groups is 2. The number of benzene rings is 1. The number of rotatable bonds is 4. The van der Waals surface area contributed by atoms with Crippen LogP contribution in [0.3, 0.4) is 0 Å². The van der Waals surface area contributed by atoms with E-state index in [4.69, 9.17) is 4.74 Å². The number of carbonyl (C=O) groups excluding carboxylic acids is 2. The maximum absolute atomic E-state index is 13.5. The van der Waals surface area contributed by atoms with Gasteiger partial charge in [-0.05, 0) is 38.3 Å². The highest BCUT2D eigenvalue weighted by Crippen LogP contribution is 2.23. The first-order valence-electron chi connectivity index (χ1n) is 6.26. The van der Waals surface area contributed by atoms with Crippen LogP contribution in [0.25, 0.3) is 6.08 Å². The molecular formula is C15H15FO3. The lowest BCUT2D eigenvalue weighted by atomic mass is 9.96. The monoisotopic (exact) mass is 262 g/mol. The molecular weight excluding hydrogens is 247 g/mol. The SMILES string of the molecule is CC(=O)C(=Cc1ccccc1F)C(=O)OC1CCC1. The van der Waals surface area contributed by atoms with Gasteiger partial charge >= 0.3 is 5.97 Å². The van der Waals surface area contributed by atoms with Gasteiger partial charge in [0.1, 0.15) is 17.5 Å². The topological polar surface area (TPSA) is 43.4 Å². The van der Waals surface area contributed by atoms with Crippen LogP contribution in [-0.4, -0.2) is 17.9 Å². The third-order valence-electron chi connectivity index (χ3n) is 3.13. The molecule has 0 saturated heterocycles. The van der Waals surface area contributed by atoms with Crippen LogP contribution in [0.5, 0.6) is 0 Å². The van der Waals surface area contributed by atoms with Gasteiger partial charge in [0.15, 0.2) is 5.78 Å². The van der Waals surface area contributed by atoms with Crippen molar-refractivity contribution < 1.29 is 18.7 Å². The summed E-state index contributed by atoms with van der Waals surface area (Å²) in [7, 11) is 0. The molecule has 1 aliphatic carbocycles. The molecule has 3 nitrogen and oxygen atoms in total. The summed E-state index contributed by atoms with van der Waals surface area (Å²) in [6.07, 6.45) is 3.84. The fourth-order valence-corrected chi connectivity index (χ4v) is 1.76. The summed E-state index contributed by atoms with van der Waals surface area (Å²) < 4.78 is 18.7. The molecule has 1 saturated carbocycles. The Hall–Kier alpha value is -1.97. The molecule has 0 N–H and O–H groups in total. The molecule has 2 rings (SSSR count). The highest BCUT2D eigenvalue weighted by Gasteiger charge is 2.25. The predicted molar refractivity (Wildman–Crippen MR) is 68.8 cm³/mol. The van der Waals surface area contributed by atoms with E-state index < -0.39 is 17.6 Å². The molecule has 0 heterocycles. The maximum atomic E-state index is 13.5. The van der Waals surface area contributed by atoms with Crippen LogP contribution >= 0.6 is 0 Å². The molecule has 4 heteroatoms. The Morgan fingerprint density at radius 3 is 2.53 bits per heavy atom. The van der Waals surface area contributed by atoms with Crippen molar-refractivity contribution in [3.8, 4) is 0 Å². The molecule has 1 aromatic carbocycles. The molecule has 0 spiro atoms. The second-order valence-electron chi connectivity index (χ2n) is 4.59. The Kier molecular flexibility index (Phi) is 4.10. The normalized spacial score (nSPS) is 15.8. The third-order valence-corrected chi connectivity index (χ3v) is 3.13. The maximum Gasteiger partial charge on any atom is 0.342 e. The third kappa shape index (κ3) is 3.28. The summed E-state index contributed by atoms with van der Waals surface area (Å²) in [6, 6.07) is 5.98. The number of ether oxygens (including phenoxy) is 1. The molecule has 0 amide bonds. The first kappa shape index (κ1) is 13.5. The van der Waals surface area contributed by atoms with Crippen LogP contribution in [0.15, 0.2) is 29.8 Å². The van der Waals surface area contributed by atoms with Crippen molar-refractivity contribution in [3.63, 3.8) is 0 Å². The standard InChI is InChI=1S/C15H15FO3/c1-10(17)13(15(18)19-12-6-4-7-12)9-11-5-2-3-8-14(11)16/h2-3,5,8-9,12H,4,6-7H2,1H3. The van der Waals surface area contributed by atoms with Gasteiger partial charge in [-0.3, -0.25) is 4.79 Å². The van der Waals surface area contributed by atoms with Gasteiger partial charge in [0, 0.05) is 5.56 Å². The van der Waals surface area contributed by atoms with Crippen molar-refractivity contribution >= 4 is 17.8 Å². The second-order valence-corrected chi connectivity index (χ2v) is 4.59. The molecule has 1 aliphatic rings. The largest absolute Gasteiger partial charge is 0.459 e. The molecule has 1 fully saturated rings. The van der Waals surface area contributed by atoms with Crippen LogP contribution in [0.2, 0.25) is 0 Å². The first-order chi connectivity index (χ1) is 9.08. The minimum Gasteiger partial charge on any atom is -0.459 e. The summed E-state index contributed by atoms with van der Waals surface area (Å²) in [4.78, 5) is 23.4. The highest BCUT2D eigenvalue weighted by atomic mass is 19.1. The van der Waals surface area contributed by atoms with E-state index in [1.807, 2.05) is 0 Å². The van der Waals surface area contributed by atoms with Gasteiger partial charge < -0.3 is 4.74 Å². The van der Waals surface area contributed by atoms with Crippen molar-refractivity contribution in [2.75, 3.05) is 0 Å². The van der Waals surface area contributed by atoms with Gasteiger partial charge in [0.25, 0.3) is 0 Å². The summed E-state index contributed by atoms with van der Waals surface area (Å²) in [5, 5.41) is 0. The van der Waals surface area contributed by atoms with Gasteiger partial charge in [-0.25, -0.2) is 9.18 Å². The zero-order valence-electron chi connectivity index (χ0n) is 10.7. The Balaban J connectivity index is 2.21. The quantitative estimate of drug-likeness (QED) is 0.362. The Morgan fingerprint density at radius 2 is 2.00 bits per heavy atom.